The predicted octanol–water partition coefficient (Wildman–Crippen LogP) is 0.479. The average molecular weight is 249 g/mol. The molecule has 1 aliphatic heterocycles. The molecule has 1 amide bonds. The molecule has 1 heterocycles. The number of carbonyl (C=O) groups excluding carboxylic acids is 1. The zero-order valence-corrected chi connectivity index (χ0v) is 10.8. The van der Waals surface area contributed by atoms with Crippen LogP contribution in [0.3, 0.4) is 0 Å². The van der Waals surface area contributed by atoms with E-state index in [9.17, 15) is 4.79 Å². The molecule has 5 nitrogen and oxygen atoms in total. The van der Waals surface area contributed by atoms with Gasteiger partial charge in [-0.05, 0) is 44.6 Å². The van der Waals surface area contributed by atoms with E-state index in [0.717, 1.165) is 30.0 Å². The number of carbonyl (C=O) groups is 1. The molecule has 3 N–H and O–H groups in total. The highest BCUT2D eigenvalue weighted by Crippen LogP contribution is 2.34. The highest BCUT2D eigenvalue weighted by atomic mass is 16.5. The summed E-state index contributed by atoms with van der Waals surface area (Å²) in [7, 11) is 1.92. The fourth-order valence-electron chi connectivity index (χ4n) is 2.07. The Kier molecular flexibility index (Phi) is 3.84. The summed E-state index contributed by atoms with van der Waals surface area (Å²) in [5.41, 5.74) is 7.59. The Balaban J connectivity index is 2.32. The maximum Gasteiger partial charge on any atom is 0.268 e. The molecule has 0 spiro atoms. The second-order valence-corrected chi connectivity index (χ2v) is 4.36. The summed E-state index contributed by atoms with van der Waals surface area (Å²) in [5, 5.41) is 3.10. The molecule has 5 heteroatoms. The molecular formula is C13H19N3O2. The third kappa shape index (κ3) is 2.32. The molecule has 1 aromatic rings. The zero-order valence-electron chi connectivity index (χ0n) is 10.8. The second-order valence-electron chi connectivity index (χ2n) is 4.36. The van der Waals surface area contributed by atoms with Gasteiger partial charge in [0.15, 0.2) is 6.10 Å². The molecule has 1 atom stereocenters. The first-order chi connectivity index (χ1) is 8.67. The van der Waals surface area contributed by atoms with Crippen molar-refractivity contribution >= 4 is 11.6 Å². The number of benzene rings is 1. The molecule has 18 heavy (non-hydrogen) atoms. The summed E-state index contributed by atoms with van der Waals surface area (Å²) >= 11 is 0. The van der Waals surface area contributed by atoms with Gasteiger partial charge in [0.1, 0.15) is 5.75 Å². The van der Waals surface area contributed by atoms with Gasteiger partial charge in [0, 0.05) is 0 Å². The highest BCUT2D eigenvalue weighted by Gasteiger charge is 2.30. The van der Waals surface area contributed by atoms with E-state index >= 15 is 0 Å². The minimum atomic E-state index is -0.468. The number of ether oxygens (including phenoxy) is 1. The van der Waals surface area contributed by atoms with Crippen LogP contribution in [0.4, 0.5) is 5.69 Å². The summed E-state index contributed by atoms with van der Waals surface area (Å²) < 4.78 is 5.57. The van der Waals surface area contributed by atoms with Crippen LogP contribution in [0.25, 0.3) is 0 Å². The van der Waals surface area contributed by atoms with E-state index < -0.39 is 6.10 Å². The van der Waals surface area contributed by atoms with Crippen LogP contribution in [-0.4, -0.2) is 32.3 Å². The van der Waals surface area contributed by atoms with Crippen LogP contribution >= 0.6 is 0 Å². The lowest BCUT2D eigenvalue weighted by Crippen LogP contribution is -2.47. The summed E-state index contributed by atoms with van der Waals surface area (Å²) in [4.78, 5) is 13.5. The number of rotatable bonds is 4. The lowest BCUT2D eigenvalue weighted by molar-refractivity contribution is -0.125. The molecule has 0 saturated carbocycles. The lowest BCUT2D eigenvalue weighted by atomic mass is 10.1. The largest absolute Gasteiger partial charge is 0.479 e. The fraction of sp³-hybridized carbons (Fsp3) is 0.462. The normalized spacial score (nSPS) is 18.5. The standard InChI is InChI=1S/C13H19N3O2/c1-9-13(17)16(8-14)11-7-10(5-6-15-2)3-4-12(11)18-9/h3-4,7,9,15H,5-6,8,14H2,1-2H3. The van der Waals surface area contributed by atoms with Crippen molar-refractivity contribution < 1.29 is 9.53 Å². The van der Waals surface area contributed by atoms with Gasteiger partial charge in [-0.2, -0.15) is 0 Å². The topological polar surface area (TPSA) is 67.6 Å². The molecule has 0 radical (unpaired) electrons. The highest BCUT2D eigenvalue weighted by molar-refractivity contribution is 5.99. The van der Waals surface area contributed by atoms with E-state index in [1.807, 2.05) is 25.2 Å². The third-order valence-corrected chi connectivity index (χ3v) is 3.08. The second kappa shape index (κ2) is 5.37. The van der Waals surface area contributed by atoms with Gasteiger partial charge >= 0.3 is 0 Å². The Hall–Kier alpha value is -1.59. The fourth-order valence-corrected chi connectivity index (χ4v) is 2.07. The van der Waals surface area contributed by atoms with Crippen LogP contribution in [0.1, 0.15) is 12.5 Å². The van der Waals surface area contributed by atoms with Crippen LogP contribution in [0, 0.1) is 0 Å². The molecule has 1 unspecified atom stereocenters. The van der Waals surface area contributed by atoms with Gasteiger partial charge in [0.2, 0.25) is 0 Å². The summed E-state index contributed by atoms with van der Waals surface area (Å²) in [6.07, 6.45) is 0.440. The maximum atomic E-state index is 12.0. The van der Waals surface area contributed by atoms with Crippen LogP contribution in [0.2, 0.25) is 0 Å². The Bertz CT molecular complexity index is 448. The molecule has 98 valence electrons. The molecule has 1 aromatic carbocycles. The summed E-state index contributed by atoms with van der Waals surface area (Å²) in [6.45, 7) is 2.81. The number of hydrogen-bond donors (Lipinski definition) is 2. The Morgan fingerprint density at radius 3 is 2.94 bits per heavy atom. The average Bonchev–Trinajstić information content (AvgIpc) is 2.38. The minimum absolute atomic E-state index is 0.0873. The molecule has 0 fully saturated rings. The quantitative estimate of drug-likeness (QED) is 0.814. The van der Waals surface area contributed by atoms with Crippen molar-refractivity contribution in [1.82, 2.24) is 5.32 Å². The number of nitrogens with zero attached hydrogens (tertiary/aromatic N) is 1. The van der Waals surface area contributed by atoms with Crippen molar-refractivity contribution in [2.24, 2.45) is 5.73 Å². The van der Waals surface area contributed by atoms with Crippen molar-refractivity contribution in [1.29, 1.82) is 0 Å². The van der Waals surface area contributed by atoms with Gasteiger partial charge < -0.3 is 15.8 Å². The summed E-state index contributed by atoms with van der Waals surface area (Å²) in [6, 6.07) is 5.91. The van der Waals surface area contributed by atoms with Crippen molar-refractivity contribution in [3.8, 4) is 5.75 Å². The predicted molar refractivity (Wildman–Crippen MR) is 70.7 cm³/mol. The smallest absolute Gasteiger partial charge is 0.268 e. The maximum absolute atomic E-state index is 12.0. The van der Waals surface area contributed by atoms with Crippen molar-refractivity contribution in [2.45, 2.75) is 19.4 Å². The molecular weight excluding hydrogens is 230 g/mol. The van der Waals surface area contributed by atoms with Crippen LogP contribution < -0.4 is 20.7 Å². The number of hydrogen-bond acceptors (Lipinski definition) is 4. The molecule has 0 saturated heterocycles. The van der Waals surface area contributed by atoms with Crippen molar-refractivity contribution in [3.63, 3.8) is 0 Å². The Morgan fingerprint density at radius 2 is 2.28 bits per heavy atom. The number of nitrogens with two attached hydrogens (primary N) is 1. The third-order valence-electron chi connectivity index (χ3n) is 3.08. The monoisotopic (exact) mass is 249 g/mol. The van der Waals surface area contributed by atoms with Crippen LogP contribution in [0.15, 0.2) is 18.2 Å². The van der Waals surface area contributed by atoms with Gasteiger partial charge in [0.25, 0.3) is 5.91 Å². The van der Waals surface area contributed by atoms with Gasteiger partial charge in [-0.1, -0.05) is 6.07 Å². The number of anilines is 1. The van der Waals surface area contributed by atoms with E-state index in [2.05, 4.69) is 5.32 Å². The molecule has 0 aliphatic carbocycles. The Morgan fingerprint density at radius 1 is 1.50 bits per heavy atom. The van der Waals surface area contributed by atoms with Crippen LogP contribution in [0.5, 0.6) is 5.75 Å². The van der Waals surface area contributed by atoms with E-state index in [-0.39, 0.29) is 12.6 Å². The number of amides is 1. The van der Waals surface area contributed by atoms with Crippen molar-refractivity contribution in [3.05, 3.63) is 23.8 Å². The zero-order chi connectivity index (χ0) is 13.1. The van der Waals surface area contributed by atoms with E-state index in [0.29, 0.717) is 0 Å². The first-order valence-electron chi connectivity index (χ1n) is 6.13. The lowest BCUT2D eigenvalue weighted by Gasteiger charge is -2.32. The molecule has 2 rings (SSSR count). The number of nitrogens with one attached hydrogen (secondary N) is 1. The molecule has 1 aliphatic rings. The van der Waals surface area contributed by atoms with Crippen LogP contribution in [-0.2, 0) is 11.2 Å². The molecule has 0 bridgehead atoms. The van der Waals surface area contributed by atoms with Gasteiger partial charge in [0.05, 0.1) is 12.4 Å². The van der Waals surface area contributed by atoms with E-state index in [1.54, 1.807) is 11.8 Å². The van der Waals surface area contributed by atoms with Gasteiger partial charge in [-0.25, -0.2) is 0 Å². The number of likely N-dealkylation sites (N-methyl/N-ethyl adjacent to an activating group) is 1. The summed E-state index contributed by atoms with van der Waals surface area (Å²) in [5.74, 6) is 0.636. The Labute approximate surface area is 107 Å². The van der Waals surface area contributed by atoms with Gasteiger partial charge in [-0.15, -0.1) is 0 Å². The number of fused-ring (bicyclic) bond motifs is 1. The van der Waals surface area contributed by atoms with Gasteiger partial charge in [-0.3, -0.25) is 9.69 Å². The first-order valence-corrected chi connectivity index (χ1v) is 6.13. The van der Waals surface area contributed by atoms with E-state index in [1.165, 1.54) is 0 Å². The SMILES string of the molecule is CNCCc1ccc2c(c1)N(CN)C(=O)C(C)O2. The molecule has 0 aromatic heterocycles. The first kappa shape index (κ1) is 12.9. The van der Waals surface area contributed by atoms with E-state index in [4.69, 9.17) is 10.5 Å². The minimum Gasteiger partial charge on any atom is -0.479 e. The van der Waals surface area contributed by atoms with Crippen molar-refractivity contribution in [2.75, 3.05) is 25.2 Å².